The Morgan fingerprint density at radius 1 is 0.933 bits per heavy atom. The van der Waals surface area contributed by atoms with Crippen LogP contribution in [0.25, 0.3) is 0 Å². The predicted octanol–water partition coefficient (Wildman–Crippen LogP) is 4.28. The molecule has 3 aromatic carbocycles. The van der Waals surface area contributed by atoms with E-state index < -0.39 is 11.9 Å². The largest absolute Gasteiger partial charge is 0.496 e. The molecule has 0 spiro atoms. The number of carbonyl (C=O) groups excluding carboxylic acids is 1. The quantitative estimate of drug-likeness (QED) is 0.608. The van der Waals surface area contributed by atoms with Crippen LogP contribution in [-0.4, -0.2) is 20.1 Å². The number of carbonyl (C=O) groups is 1. The Hall–Kier alpha value is -3.98. The predicted molar refractivity (Wildman–Crippen MR) is 113 cm³/mol. The van der Waals surface area contributed by atoms with Gasteiger partial charge in [0, 0.05) is 11.1 Å². The molecule has 0 aliphatic rings. The number of methoxy groups -OCH3 is 2. The van der Waals surface area contributed by atoms with Crippen LogP contribution in [0.1, 0.15) is 27.5 Å². The molecule has 152 valence electrons. The van der Waals surface area contributed by atoms with Crippen molar-refractivity contribution in [3.05, 3.63) is 89.5 Å². The first-order valence-electron chi connectivity index (χ1n) is 9.34. The number of benzene rings is 3. The zero-order chi connectivity index (χ0) is 21.3. The van der Waals surface area contributed by atoms with E-state index >= 15 is 0 Å². The Morgan fingerprint density at radius 2 is 1.63 bits per heavy atom. The van der Waals surface area contributed by atoms with Crippen molar-refractivity contribution in [2.45, 2.75) is 12.6 Å². The van der Waals surface area contributed by atoms with Gasteiger partial charge in [0.1, 0.15) is 18.4 Å². The lowest BCUT2D eigenvalue weighted by Gasteiger charge is -2.16. The maximum absolute atomic E-state index is 12.7. The van der Waals surface area contributed by atoms with Gasteiger partial charge in [-0.25, -0.2) is 0 Å². The molecule has 1 amide bonds. The van der Waals surface area contributed by atoms with Crippen LogP contribution in [0.15, 0.2) is 72.8 Å². The Bertz CT molecular complexity index is 1040. The molecule has 30 heavy (non-hydrogen) atoms. The van der Waals surface area contributed by atoms with Crippen molar-refractivity contribution in [2.24, 2.45) is 0 Å². The third-order valence-electron chi connectivity index (χ3n) is 4.52. The second-order valence-corrected chi connectivity index (χ2v) is 6.42. The van der Waals surface area contributed by atoms with Crippen molar-refractivity contribution in [1.82, 2.24) is 5.32 Å². The van der Waals surface area contributed by atoms with Crippen molar-refractivity contribution >= 4 is 5.91 Å². The fourth-order valence-corrected chi connectivity index (χ4v) is 2.96. The molecule has 3 rings (SSSR count). The first kappa shape index (κ1) is 20.7. The van der Waals surface area contributed by atoms with Crippen LogP contribution in [0.4, 0.5) is 0 Å². The first-order chi connectivity index (χ1) is 14.7. The summed E-state index contributed by atoms with van der Waals surface area (Å²) in [6, 6.07) is 23.0. The molecule has 3 aromatic rings. The minimum atomic E-state index is -0.853. The zero-order valence-corrected chi connectivity index (χ0v) is 16.8. The van der Waals surface area contributed by atoms with Gasteiger partial charge >= 0.3 is 0 Å². The maximum atomic E-state index is 12.7. The van der Waals surface area contributed by atoms with Gasteiger partial charge in [-0.2, -0.15) is 5.26 Å². The second-order valence-electron chi connectivity index (χ2n) is 6.42. The Morgan fingerprint density at radius 3 is 2.33 bits per heavy atom. The molecule has 1 unspecified atom stereocenters. The highest BCUT2D eigenvalue weighted by Gasteiger charge is 2.19. The highest BCUT2D eigenvalue weighted by molar-refractivity contribution is 5.95. The molecule has 0 aromatic heterocycles. The summed E-state index contributed by atoms with van der Waals surface area (Å²) >= 11 is 0. The van der Waals surface area contributed by atoms with E-state index in [0.717, 1.165) is 5.56 Å². The Kier molecular flexibility index (Phi) is 6.91. The summed E-state index contributed by atoms with van der Waals surface area (Å²) in [5.74, 6) is 1.09. The summed E-state index contributed by atoms with van der Waals surface area (Å²) in [7, 11) is 3.04. The van der Waals surface area contributed by atoms with Gasteiger partial charge in [-0.1, -0.05) is 48.5 Å². The van der Waals surface area contributed by atoms with Crippen molar-refractivity contribution in [3.8, 4) is 23.3 Å². The molecule has 0 aliphatic heterocycles. The molecule has 0 saturated heterocycles. The number of hydrogen-bond donors (Lipinski definition) is 1. The SMILES string of the molecule is COc1cc(C(=O)NC(C#N)c2ccccc2OC)ccc1OCc1ccccc1. The molecular weight excluding hydrogens is 380 g/mol. The van der Waals surface area contributed by atoms with Crippen molar-refractivity contribution in [3.63, 3.8) is 0 Å². The van der Waals surface area contributed by atoms with Crippen LogP contribution in [-0.2, 0) is 6.61 Å². The third kappa shape index (κ3) is 4.89. The molecule has 1 atom stereocenters. The van der Waals surface area contributed by atoms with Gasteiger partial charge in [0.2, 0.25) is 0 Å². The van der Waals surface area contributed by atoms with Crippen molar-refractivity contribution < 1.29 is 19.0 Å². The molecule has 6 heteroatoms. The van der Waals surface area contributed by atoms with Crippen LogP contribution in [0.3, 0.4) is 0 Å². The first-order valence-corrected chi connectivity index (χ1v) is 9.34. The smallest absolute Gasteiger partial charge is 0.252 e. The Labute approximate surface area is 175 Å². The highest BCUT2D eigenvalue weighted by atomic mass is 16.5. The standard InChI is InChI=1S/C24H22N2O4/c1-28-21-11-7-6-10-19(21)20(15-25)26-24(27)18-12-13-22(23(14-18)29-2)30-16-17-8-4-3-5-9-17/h3-14,20H,16H2,1-2H3,(H,26,27). The summed E-state index contributed by atoms with van der Waals surface area (Å²) in [5.41, 5.74) is 1.97. The van der Waals surface area contributed by atoms with Crippen LogP contribution in [0, 0.1) is 11.3 Å². The number of nitrogens with one attached hydrogen (secondary N) is 1. The highest BCUT2D eigenvalue weighted by Crippen LogP contribution is 2.30. The third-order valence-corrected chi connectivity index (χ3v) is 4.52. The average Bonchev–Trinajstić information content (AvgIpc) is 2.81. The van der Waals surface area contributed by atoms with Crippen LogP contribution in [0.2, 0.25) is 0 Å². The Balaban J connectivity index is 1.75. The van der Waals surface area contributed by atoms with E-state index in [0.29, 0.717) is 35.0 Å². The van der Waals surface area contributed by atoms with Crippen molar-refractivity contribution in [2.75, 3.05) is 14.2 Å². The minimum Gasteiger partial charge on any atom is -0.496 e. The van der Waals surface area contributed by atoms with Gasteiger partial charge in [-0.05, 0) is 29.8 Å². The van der Waals surface area contributed by atoms with Crippen LogP contribution >= 0.6 is 0 Å². The van der Waals surface area contributed by atoms with Gasteiger partial charge in [0.25, 0.3) is 5.91 Å². The monoisotopic (exact) mass is 402 g/mol. The maximum Gasteiger partial charge on any atom is 0.252 e. The zero-order valence-electron chi connectivity index (χ0n) is 16.8. The number of para-hydroxylation sites is 1. The molecule has 0 aliphatic carbocycles. The van der Waals surface area contributed by atoms with Gasteiger partial charge in [-0.3, -0.25) is 4.79 Å². The van der Waals surface area contributed by atoms with E-state index in [9.17, 15) is 10.1 Å². The molecule has 0 bridgehead atoms. The molecule has 0 saturated carbocycles. The fraction of sp³-hybridized carbons (Fsp3) is 0.167. The minimum absolute atomic E-state index is 0.356. The normalized spacial score (nSPS) is 11.1. The van der Waals surface area contributed by atoms with Crippen molar-refractivity contribution in [1.29, 1.82) is 5.26 Å². The molecule has 6 nitrogen and oxygen atoms in total. The molecule has 0 fully saturated rings. The van der Waals surface area contributed by atoms with E-state index in [2.05, 4.69) is 11.4 Å². The number of hydrogen-bond acceptors (Lipinski definition) is 5. The van der Waals surface area contributed by atoms with Gasteiger partial charge in [0.05, 0.1) is 20.3 Å². The molecular formula is C24H22N2O4. The van der Waals surface area contributed by atoms with E-state index in [1.165, 1.54) is 14.2 Å². The lowest BCUT2D eigenvalue weighted by molar-refractivity contribution is 0.0944. The summed E-state index contributed by atoms with van der Waals surface area (Å²) in [5, 5.41) is 12.3. The molecule has 1 N–H and O–H groups in total. The number of ether oxygens (including phenoxy) is 3. The van der Waals surface area contributed by atoms with E-state index in [1.807, 2.05) is 30.3 Å². The number of nitrogens with zero attached hydrogens (tertiary/aromatic N) is 1. The van der Waals surface area contributed by atoms with Gasteiger partial charge in [0.15, 0.2) is 11.5 Å². The number of nitriles is 1. The van der Waals surface area contributed by atoms with Crippen LogP contribution in [0.5, 0.6) is 17.2 Å². The van der Waals surface area contributed by atoms with E-state index in [1.54, 1.807) is 42.5 Å². The van der Waals surface area contributed by atoms with Gasteiger partial charge < -0.3 is 19.5 Å². The summed E-state index contributed by atoms with van der Waals surface area (Å²) in [6.45, 7) is 0.382. The van der Waals surface area contributed by atoms with Gasteiger partial charge in [-0.15, -0.1) is 0 Å². The lowest BCUT2D eigenvalue weighted by Crippen LogP contribution is -2.28. The average molecular weight is 402 g/mol. The topological polar surface area (TPSA) is 80.6 Å². The van der Waals surface area contributed by atoms with Crippen LogP contribution < -0.4 is 19.5 Å². The number of rotatable bonds is 8. The summed E-state index contributed by atoms with van der Waals surface area (Å²) in [4.78, 5) is 12.7. The second kappa shape index (κ2) is 9.99. The van der Waals surface area contributed by atoms with E-state index in [4.69, 9.17) is 14.2 Å². The lowest BCUT2D eigenvalue weighted by atomic mass is 10.1. The van der Waals surface area contributed by atoms with E-state index in [-0.39, 0.29) is 0 Å². The molecule has 0 heterocycles. The summed E-state index contributed by atoms with van der Waals surface area (Å²) in [6.07, 6.45) is 0. The summed E-state index contributed by atoms with van der Waals surface area (Å²) < 4.78 is 16.5. The molecule has 0 radical (unpaired) electrons. The number of amides is 1. The fourth-order valence-electron chi connectivity index (χ4n) is 2.96.